The third kappa shape index (κ3) is 1.92. The summed E-state index contributed by atoms with van der Waals surface area (Å²) in [5.74, 6) is 1.26. The smallest absolute Gasteiger partial charge is 0.155 e. The number of rotatable bonds is 2. The number of methoxy groups -OCH3 is 2. The Morgan fingerprint density at radius 1 is 1.23 bits per heavy atom. The molecule has 1 rings (SSSR count). The number of halogens is 2. The van der Waals surface area contributed by atoms with Crippen molar-refractivity contribution < 1.29 is 9.47 Å². The summed E-state index contributed by atoms with van der Waals surface area (Å²) < 4.78 is 11.1. The van der Waals surface area contributed by atoms with Gasteiger partial charge in [0.25, 0.3) is 0 Å². The van der Waals surface area contributed by atoms with Crippen LogP contribution in [-0.4, -0.2) is 14.2 Å². The molecule has 72 valence electrons. The number of hydrogen-bond acceptors (Lipinski definition) is 2. The number of benzene rings is 1. The van der Waals surface area contributed by atoms with Crippen molar-refractivity contribution in [3.05, 3.63) is 21.1 Å². The largest absolute Gasteiger partial charge is 0.495 e. The fraction of sp³-hybridized carbons (Fsp3) is 0.333. The first-order valence-electron chi connectivity index (χ1n) is 3.68. The minimum Gasteiger partial charge on any atom is -0.495 e. The van der Waals surface area contributed by atoms with Gasteiger partial charge < -0.3 is 9.47 Å². The maximum atomic E-state index is 6.04. The van der Waals surface area contributed by atoms with Crippen LogP contribution in [0.2, 0.25) is 5.02 Å². The van der Waals surface area contributed by atoms with Gasteiger partial charge in [-0.15, -0.1) is 0 Å². The summed E-state index contributed by atoms with van der Waals surface area (Å²) in [6, 6.07) is 1.91. The Morgan fingerprint density at radius 2 is 1.77 bits per heavy atom. The number of aryl methyl sites for hydroxylation is 1. The van der Waals surface area contributed by atoms with E-state index in [0.717, 1.165) is 10.0 Å². The molecule has 4 heteroatoms. The third-order valence-corrected chi connectivity index (χ3v) is 2.66. The maximum Gasteiger partial charge on any atom is 0.155 e. The molecule has 0 N–H and O–H groups in total. The molecule has 1 aromatic rings. The van der Waals surface area contributed by atoms with E-state index in [9.17, 15) is 0 Å². The van der Waals surface area contributed by atoms with Crippen molar-refractivity contribution in [1.29, 1.82) is 0 Å². The molecule has 0 spiro atoms. The average molecular weight is 266 g/mol. The second-order valence-corrected chi connectivity index (χ2v) is 3.79. The Balaban J connectivity index is 3.39. The van der Waals surface area contributed by atoms with Crippen LogP contribution in [0.25, 0.3) is 0 Å². The fourth-order valence-corrected chi connectivity index (χ4v) is 2.36. The van der Waals surface area contributed by atoms with Gasteiger partial charge in [0.15, 0.2) is 5.75 Å². The van der Waals surface area contributed by atoms with Crippen LogP contribution in [0.1, 0.15) is 5.56 Å². The van der Waals surface area contributed by atoms with Gasteiger partial charge in [-0.25, -0.2) is 0 Å². The topological polar surface area (TPSA) is 18.5 Å². The lowest BCUT2D eigenvalue weighted by molar-refractivity contribution is 0.391. The Morgan fingerprint density at radius 3 is 2.23 bits per heavy atom. The lowest BCUT2D eigenvalue weighted by atomic mass is 10.2. The lowest BCUT2D eigenvalue weighted by Gasteiger charge is -2.12. The van der Waals surface area contributed by atoms with Crippen LogP contribution in [0, 0.1) is 6.92 Å². The van der Waals surface area contributed by atoms with Crippen molar-refractivity contribution in [2.75, 3.05) is 14.2 Å². The molecule has 0 aliphatic carbocycles. The summed E-state index contributed by atoms with van der Waals surface area (Å²) in [4.78, 5) is 0. The molecule has 0 amide bonds. The highest BCUT2D eigenvalue weighted by atomic mass is 79.9. The van der Waals surface area contributed by atoms with Crippen LogP contribution in [0.15, 0.2) is 10.5 Å². The average Bonchev–Trinajstić information content (AvgIpc) is 2.04. The first kappa shape index (κ1) is 10.7. The van der Waals surface area contributed by atoms with E-state index in [1.165, 1.54) is 0 Å². The highest BCUT2D eigenvalue weighted by molar-refractivity contribution is 9.10. The van der Waals surface area contributed by atoms with Crippen LogP contribution < -0.4 is 9.47 Å². The van der Waals surface area contributed by atoms with Crippen molar-refractivity contribution in [2.24, 2.45) is 0 Å². The van der Waals surface area contributed by atoms with Gasteiger partial charge >= 0.3 is 0 Å². The van der Waals surface area contributed by atoms with Crippen LogP contribution >= 0.6 is 27.5 Å². The van der Waals surface area contributed by atoms with Crippen molar-refractivity contribution in [3.8, 4) is 11.5 Å². The lowest BCUT2D eigenvalue weighted by Crippen LogP contribution is -1.93. The van der Waals surface area contributed by atoms with Gasteiger partial charge in [-0.1, -0.05) is 11.6 Å². The van der Waals surface area contributed by atoms with Crippen molar-refractivity contribution in [1.82, 2.24) is 0 Å². The normalized spacial score (nSPS) is 9.92. The molecular weight excluding hydrogens is 255 g/mol. The van der Waals surface area contributed by atoms with Gasteiger partial charge in [0.1, 0.15) is 10.8 Å². The molecule has 0 aliphatic rings. The van der Waals surface area contributed by atoms with Crippen LogP contribution in [0.3, 0.4) is 0 Å². The quantitative estimate of drug-likeness (QED) is 0.816. The van der Waals surface area contributed by atoms with Crippen molar-refractivity contribution in [2.45, 2.75) is 6.92 Å². The van der Waals surface area contributed by atoms with Gasteiger partial charge in [-0.3, -0.25) is 0 Å². The molecular formula is C9H10BrClO2. The molecule has 0 atom stereocenters. The van der Waals surface area contributed by atoms with Gasteiger partial charge in [-0.2, -0.15) is 0 Å². The van der Waals surface area contributed by atoms with E-state index in [1.807, 2.05) is 13.0 Å². The zero-order valence-corrected chi connectivity index (χ0v) is 9.99. The van der Waals surface area contributed by atoms with E-state index in [0.29, 0.717) is 16.5 Å². The van der Waals surface area contributed by atoms with E-state index >= 15 is 0 Å². The zero-order valence-electron chi connectivity index (χ0n) is 7.65. The van der Waals surface area contributed by atoms with Gasteiger partial charge in [0.05, 0.1) is 18.7 Å². The highest BCUT2D eigenvalue weighted by Crippen LogP contribution is 2.41. The van der Waals surface area contributed by atoms with E-state index in [1.54, 1.807) is 14.2 Å². The highest BCUT2D eigenvalue weighted by Gasteiger charge is 2.14. The summed E-state index contributed by atoms with van der Waals surface area (Å²) in [6.07, 6.45) is 0. The van der Waals surface area contributed by atoms with E-state index in [-0.39, 0.29) is 0 Å². The fourth-order valence-electron chi connectivity index (χ4n) is 1.14. The molecule has 0 heterocycles. The van der Waals surface area contributed by atoms with Gasteiger partial charge in [0, 0.05) is 0 Å². The second-order valence-electron chi connectivity index (χ2n) is 2.56. The summed E-state index contributed by atoms with van der Waals surface area (Å²) in [6.45, 7) is 1.93. The Kier molecular flexibility index (Phi) is 3.45. The molecule has 1 aromatic carbocycles. The number of ether oxygens (including phenoxy) is 2. The standard InChI is InChI=1S/C9H10BrClO2/c1-5-4-6(10)9(13-3)7(11)8(5)12-2/h4H,1-3H3. The summed E-state index contributed by atoms with van der Waals surface area (Å²) in [5, 5.41) is 0.497. The predicted molar refractivity (Wildman–Crippen MR) is 57.0 cm³/mol. The molecule has 0 fully saturated rings. The minimum atomic E-state index is 0.497. The Hall–Kier alpha value is -0.410. The van der Waals surface area contributed by atoms with Crippen molar-refractivity contribution in [3.63, 3.8) is 0 Å². The third-order valence-electron chi connectivity index (χ3n) is 1.73. The molecule has 0 aromatic heterocycles. The van der Waals surface area contributed by atoms with Crippen molar-refractivity contribution >= 4 is 27.5 Å². The van der Waals surface area contributed by atoms with E-state index in [2.05, 4.69) is 15.9 Å². The molecule has 0 saturated heterocycles. The summed E-state index contributed by atoms with van der Waals surface area (Å²) in [7, 11) is 3.16. The monoisotopic (exact) mass is 264 g/mol. The Bertz CT molecular complexity index is 298. The predicted octanol–water partition coefficient (Wildman–Crippen LogP) is 3.43. The maximum absolute atomic E-state index is 6.04. The molecule has 13 heavy (non-hydrogen) atoms. The van der Waals surface area contributed by atoms with Crippen LogP contribution in [0.4, 0.5) is 0 Å². The minimum absolute atomic E-state index is 0.497. The molecule has 0 bridgehead atoms. The molecule has 0 unspecified atom stereocenters. The van der Waals surface area contributed by atoms with E-state index < -0.39 is 0 Å². The van der Waals surface area contributed by atoms with Gasteiger partial charge in [0.2, 0.25) is 0 Å². The zero-order chi connectivity index (χ0) is 10.0. The number of hydrogen-bond donors (Lipinski definition) is 0. The Labute approximate surface area is 90.9 Å². The summed E-state index contributed by atoms with van der Waals surface area (Å²) in [5.41, 5.74) is 0.972. The first-order valence-corrected chi connectivity index (χ1v) is 4.85. The molecule has 2 nitrogen and oxygen atoms in total. The SMILES string of the molecule is COc1c(C)cc(Br)c(OC)c1Cl. The van der Waals surface area contributed by atoms with E-state index in [4.69, 9.17) is 21.1 Å². The molecule has 0 saturated carbocycles. The molecule has 0 radical (unpaired) electrons. The second kappa shape index (κ2) is 4.20. The van der Waals surface area contributed by atoms with Gasteiger partial charge in [-0.05, 0) is 34.5 Å². The van der Waals surface area contributed by atoms with Crippen LogP contribution in [0.5, 0.6) is 11.5 Å². The summed E-state index contributed by atoms with van der Waals surface area (Å²) >= 11 is 9.40. The first-order chi connectivity index (χ1) is 6.11. The van der Waals surface area contributed by atoms with Crippen LogP contribution in [-0.2, 0) is 0 Å². The molecule has 0 aliphatic heterocycles.